The molecule has 2 aromatic heterocycles. The number of hydrogen-bond donors (Lipinski definition) is 1. The lowest BCUT2D eigenvalue weighted by molar-refractivity contribution is 0.102. The Kier molecular flexibility index (Phi) is 4.20. The fourth-order valence-electron chi connectivity index (χ4n) is 2.95. The number of benzene rings is 2. The summed E-state index contributed by atoms with van der Waals surface area (Å²) in [6.07, 6.45) is 3.94. The van der Waals surface area contributed by atoms with Crippen molar-refractivity contribution in [3.05, 3.63) is 89.5 Å². The highest BCUT2D eigenvalue weighted by atomic mass is 19.1. The third-order valence-corrected chi connectivity index (χ3v) is 4.55. The van der Waals surface area contributed by atoms with Crippen LogP contribution < -0.4 is 5.32 Å². The van der Waals surface area contributed by atoms with E-state index in [2.05, 4.69) is 10.3 Å². The summed E-state index contributed by atoms with van der Waals surface area (Å²) in [6.45, 7) is 3.69. The molecule has 0 bridgehead atoms. The summed E-state index contributed by atoms with van der Waals surface area (Å²) in [5.74, 6) is -0.731. The summed E-state index contributed by atoms with van der Waals surface area (Å²) in [5.41, 5.74) is 5.30. The molecule has 4 nitrogen and oxygen atoms in total. The van der Waals surface area contributed by atoms with Crippen LogP contribution in [0.2, 0.25) is 0 Å². The first kappa shape index (κ1) is 17.0. The molecular weight excluding hydrogens is 341 g/mol. The summed E-state index contributed by atoms with van der Waals surface area (Å²) in [6, 6.07) is 15.9. The highest BCUT2D eigenvalue weighted by Gasteiger charge is 2.10. The molecule has 0 saturated heterocycles. The molecule has 0 aliphatic carbocycles. The molecule has 5 heteroatoms. The second kappa shape index (κ2) is 6.68. The van der Waals surface area contributed by atoms with Gasteiger partial charge in [-0.3, -0.25) is 4.79 Å². The minimum Gasteiger partial charge on any atom is -0.322 e. The molecule has 0 radical (unpaired) electrons. The molecular formula is C22H18FN3O. The van der Waals surface area contributed by atoms with Gasteiger partial charge in [-0.05, 0) is 55.3 Å². The molecule has 2 aromatic carbocycles. The Morgan fingerprint density at radius 3 is 2.52 bits per heavy atom. The molecule has 1 amide bonds. The zero-order chi connectivity index (χ0) is 19.0. The Morgan fingerprint density at radius 1 is 1.04 bits per heavy atom. The van der Waals surface area contributed by atoms with E-state index in [-0.39, 0.29) is 17.3 Å². The molecule has 27 heavy (non-hydrogen) atoms. The number of nitrogens with zero attached hydrogens (tertiary/aromatic N) is 2. The van der Waals surface area contributed by atoms with Crippen molar-refractivity contribution < 1.29 is 9.18 Å². The summed E-state index contributed by atoms with van der Waals surface area (Å²) in [7, 11) is 0. The number of imidazole rings is 1. The second-order valence-electron chi connectivity index (χ2n) is 6.54. The molecule has 0 aliphatic heterocycles. The van der Waals surface area contributed by atoms with E-state index in [1.165, 1.54) is 6.07 Å². The van der Waals surface area contributed by atoms with Gasteiger partial charge in [0.2, 0.25) is 0 Å². The zero-order valence-electron chi connectivity index (χ0n) is 15.0. The van der Waals surface area contributed by atoms with E-state index in [9.17, 15) is 9.18 Å². The van der Waals surface area contributed by atoms with Crippen molar-refractivity contribution >= 4 is 17.2 Å². The Labute approximate surface area is 156 Å². The quantitative estimate of drug-likeness (QED) is 0.559. The van der Waals surface area contributed by atoms with Gasteiger partial charge in [-0.1, -0.05) is 24.3 Å². The van der Waals surface area contributed by atoms with Crippen molar-refractivity contribution in [3.8, 4) is 11.3 Å². The van der Waals surface area contributed by atoms with Gasteiger partial charge in [0.1, 0.15) is 11.5 Å². The van der Waals surface area contributed by atoms with Crippen LogP contribution in [-0.4, -0.2) is 15.3 Å². The third-order valence-electron chi connectivity index (χ3n) is 4.55. The number of carbonyl (C=O) groups excluding carboxylic acids is 1. The first-order chi connectivity index (χ1) is 13.0. The molecule has 2 heterocycles. The molecule has 1 N–H and O–H groups in total. The fraction of sp³-hybridized carbons (Fsp3) is 0.0909. The second-order valence-corrected chi connectivity index (χ2v) is 6.54. The first-order valence-corrected chi connectivity index (χ1v) is 8.63. The highest BCUT2D eigenvalue weighted by Crippen LogP contribution is 2.23. The average molecular weight is 359 g/mol. The predicted molar refractivity (Wildman–Crippen MR) is 104 cm³/mol. The van der Waals surface area contributed by atoms with Gasteiger partial charge in [0.05, 0.1) is 5.69 Å². The SMILES string of the molecule is Cc1ccc(C(=O)Nc2ccc(-c3cn4cccc(C)c4n3)cc2)cc1F. The summed E-state index contributed by atoms with van der Waals surface area (Å²) in [5, 5.41) is 2.79. The normalized spacial score (nSPS) is 10.9. The Morgan fingerprint density at radius 2 is 1.81 bits per heavy atom. The van der Waals surface area contributed by atoms with E-state index in [4.69, 9.17) is 0 Å². The van der Waals surface area contributed by atoms with E-state index in [1.54, 1.807) is 19.1 Å². The van der Waals surface area contributed by atoms with Gasteiger partial charge in [0, 0.05) is 29.2 Å². The number of anilines is 1. The lowest BCUT2D eigenvalue weighted by atomic mass is 10.1. The lowest BCUT2D eigenvalue weighted by Gasteiger charge is -2.07. The van der Waals surface area contributed by atoms with Crippen LogP contribution >= 0.6 is 0 Å². The summed E-state index contributed by atoms with van der Waals surface area (Å²) >= 11 is 0. The van der Waals surface area contributed by atoms with Gasteiger partial charge >= 0.3 is 0 Å². The Balaban J connectivity index is 1.55. The summed E-state index contributed by atoms with van der Waals surface area (Å²) < 4.78 is 15.6. The lowest BCUT2D eigenvalue weighted by Crippen LogP contribution is -2.12. The maximum Gasteiger partial charge on any atom is 0.255 e. The Bertz CT molecular complexity index is 1150. The third kappa shape index (κ3) is 3.31. The van der Waals surface area contributed by atoms with E-state index in [0.29, 0.717) is 11.3 Å². The van der Waals surface area contributed by atoms with Gasteiger partial charge in [-0.15, -0.1) is 0 Å². The number of amides is 1. The summed E-state index contributed by atoms with van der Waals surface area (Å²) in [4.78, 5) is 17.0. The van der Waals surface area contributed by atoms with Crippen molar-refractivity contribution in [1.82, 2.24) is 9.38 Å². The van der Waals surface area contributed by atoms with Crippen LogP contribution in [0.1, 0.15) is 21.5 Å². The van der Waals surface area contributed by atoms with Crippen LogP contribution in [0.15, 0.2) is 67.0 Å². The van der Waals surface area contributed by atoms with Crippen LogP contribution in [0.3, 0.4) is 0 Å². The number of aryl methyl sites for hydroxylation is 2. The molecule has 0 fully saturated rings. The molecule has 4 rings (SSSR count). The highest BCUT2D eigenvalue weighted by molar-refractivity contribution is 6.04. The van der Waals surface area contributed by atoms with E-state index in [1.807, 2.05) is 60.1 Å². The smallest absolute Gasteiger partial charge is 0.255 e. The number of halogens is 1. The zero-order valence-corrected chi connectivity index (χ0v) is 15.0. The minimum absolute atomic E-state index is 0.290. The topological polar surface area (TPSA) is 46.4 Å². The largest absolute Gasteiger partial charge is 0.322 e. The maximum absolute atomic E-state index is 13.6. The molecule has 0 unspecified atom stereocenters. The van der Waals surface area contributed by atoms with Gasteiger partial charge in [-0.2, -0.15) is 0 Å². The van der Waals surface area contributed by atoms with E-state index >= 15 is 0 Å². The van der Waals surface area contributed by atoms with Gasteiger partial charge < -0.3 is 9.72 Å². The molecule has 0 aliphatic rings. The van der Waals surface area contributed by atoms with Crippen LogP contribution in [0.5, 0.6) is 0 Å². The van der Waals surface area contributed by atoms with Gasteiger partial charge in [0.15, 0.2) is 0 Å². The molecule has 0 spiro atoms. The van der Waals surface area contributed by atoms with E-state index < -0.39 is 0 Å². The number of carbonyl (C=O) groups is 1. The van der Waals surface area contributed by atoms with Gasteiger partial charge in [0.25, 0.3) is 5.91 Å². The van der Waals surface area contributed by atoms with E-state index in [0.717, 1.165) is 22.5 Å². The van der Waals surface area contributed by atoms with Crippen molar-refractivity contribution in [2.45, 2.75) is 13.8 Å². The monoisotopic (exact) mass is 359 g/mol. The van der Waals surface area contributed by atoms with Crippen molar-refractivity contribution in [2.75, 3.05) is 5.32 Å². The predicted octanol–water partition coefficient (Wildman–Crippen LogP) is 5.01. The molecule has 0 atom stereocenters. The first-order valence-electron chi connectivity index (χ1n) is 8.63. The van der Waals surface area contributed by atoms with Crippen LogP contribution in [0, 0.1) is 19.7 Å². The van der Waals surface area contributed by atoms with Crippen molar-refractivity contribution in [3.63, 3.8) is 0 Å². The number of hydrogen-bond acceptors (Lipinski definition) is 2. The number of pyridine rings is 1. The average Bonchev–Trinajstić information content (AvgIpc) is 3.10. The molecule has 134 valence electrons. The Hall–Kier alpha value is -3.47. The molecule has 4 aromatic rings. The van der Waals surface area contributed by atoms with Crippen LogP contribution in [0.25, 0.3) is 16.9 Å². The van der Waals surface area contributed by atoms with Gasteiger partial charge in [-0.25, -0.2) is 9.37 Å². The fourth-order valence-corrected chi connectivity index (χ4v) is 2.95. The number of nitrogens with one attached hydrogen (secondary N) is 1. The number of aromatic nitrogens is 2. The minimum atomic E-state index is -0.389. The molecule has 0 saturated carbocycles. The van der Waals surface area contributed by atoms with Crippen LogP contribution in [0.4, 0.5) is 10.1 Å². The standard InChI is InChI=1S/C22H18FN3O/c1-14-5-6-17(12-19(14)23)22(27)24-18-9-7-16(8-10-18)20-13-26-11-3-4-15(2)21(26)25-20/h3-13H,1-2H3,(H,24,27). The number of rotatable bonds is 3. The van der Waals surface area contributed by atoms with Crippen molar-refractivity contribution in [2.24, 2.45) is 0 Å². The van der Waals surface area contributed by atoms with Crippen molar-refractivity contribution in [1.29, 1.82) is 0 Å². The number of fused-ring (bicyclic) bond motifs is 1. The maximum atomic E-state index is 13.6. The van der Waals surface area contributed by atoms with Crippen LogP contribution in [-0.2, 0) is 0 Å².